The Morgan fingerprint density at radius 2 is 1.65 bits per heavy atom. The fourth-order valence-corrected chi connectivity index (χ4v) is 3.48. The van der Waals surface area contributed by atoms with Crippen LogP contribution in [0, 0.1) is 13.8 Å². The maximum absolute atomic E-state index is 12.4. The lowest BCUT2D eigenvalue weighted by atomic mass is 10.1. The highest BCUT2D eigenvalue weighted by atomic mass is 32.2. The summed E-state index contributed by atoms with van der Waals surface area (Å²) in [7, 11) is -3.64. The average molecular weight is 374 g/mol. The largest absolute Gasteiger partial charge is 0.324 e. The van der Waals surface area contributed by atoms with Crippen LogP contribution in [0.3, 0.4) is 0 Å². The Hall–Kier alpha value is -2.67. The summed E-state index contributed by atoms with van der Waals surface area (Å²) >= 11 is 0. The molecule has 0 aliphatic carbocycles. The Bertz CT molecular complexity index is 932. The molecule has 1 amide bonds. The molecule has 0 saturated carbocycles. The van der Waals surface area contributed by atoms with Gasteiger partial charge in [0.2, 0.25) is 15.9 Å². The number of carbonyl (C=O) groups is 2. The Balaban J connectivity index is 2.25. The van der Waals surface area contributed by atoms with E-state index in [1.807, 2.05) is 19.9 Å². The fraction of sp³-hybridized carbons (Fsp3) is 0.263. The van der Waals surface area contributed by atoms with Gasteiger partial charge in [-0.2, -0.15) is 0 Å². The van der Waals surface area contributed by atoms with Crippen molar-refractivity contribution in [1.82, 2.24) is 0 Å². The van der Waals surface area contributed by atoms with Crippen LogP contribution in [0.1, 0.15) is 28.4 Å². The van der Waals surface area contributed by atoms with Crippen LogP contribution in [-0.4, -0.2) is 32.9 Å². The number of sulfonamides is 1. The van der Waals surface area contributed by atoms with E-state index in [0.717, 1.165) is 21.7 Å². The van der Waals surface area contributed by atoms with Crippen molar-refractivity contribution in [2.24, 2.45) is 0 Å². The van der Waals surface area contributed by atoms with Gasteiger partial charge >= 0.3 is 0 Å². The van der Waals surface area contributed by atoms with E-state index in [9.17, 15) is 18.0 Å². The molecule has 0 saturated heterocycles. The van der Waals surface area contributed by atoms with E-state index in [0.29, 0.717) is 16.9 Å². The number of carbonyl (C=O) groups excluding carboxylic acids is 2. The molecule has 0 heterocycles. The molecular weight excluding hydrogens is 352 g/mol. The van der Waals surface area contributed by atoms with E-state index in [2.05, 4.69) is 5.32 Å². The quantitative estimate of drug-likeness (QED) is 0.788. The number of amides is 1. The van der Waals surface area contributed by atoms with Crippen molar-refractivity contribution in [1.29, 1.82) is 0 Å². The topological polar surface area (TPSA) is 83.6 Å². The zero-order valence-corrected chi connectivity index (χ0v) is 16.1. The Kier molecular flexibility index (Phi) is 5.82. The van der Waals surface area contributed by atoms with E-state index >= 15 is 0 Å². The minimum atomic E-state index is -3.64. The van der Waals surface area contributed by atoms with Crippen molar-refractivity contribution in [2.75, 3.05) is 22.4 Å². The van der Waals surface area contributed by atoms with E-state index in [1.165, 1.54) is 6.92 Å². The molecule has 1 N–H and O–H groups in total. The highest BCUT2D eigenvalue weighted by Crippen LogP contribution is 2.21. The van der Waals surface area contributed by atoms with Gasteiger partial charge in [0.1, 0.15) is 6.54 Å². The lowest BCUT2D eigenvalue weighted by molar-refractivity contribution is -0.114. The van der Waals surface area contributed by atoms with Gasteiger partial charge < -0.3 is 5.32 Å². The summed E-state index contributed by atoms with van der Waals surface area (Å²) in [6.07, 6.45) is 1.06. The first-order chi connectivity index (χ1) is 12.1. The molecule has 0 radical (unpaired) electrons. The molecule has 0 aliphatic rings. The van der Waals surface area contributed by atoms with Crippen LogP contribution in [0.5, 0.6) is 0 Å². The third-order valence-corrected chi connectivity index (χ3v) is 4.88. The molecule has 138 valence electrons. The van der Waals surface area contributed by atoms with Crippen LogP contribution >= 0.6 is 0 Å². The summed E-state index contributed by atoms with van der Waals surface area (Å²) in [4.78, 5) is 23.8. The number of hydrogen-bond acceptors (Lipinski definition) is 4. The molecule has 2 aromatic carbocycles. The van der Waals surface area contributed by atoms with E-state index in [1.54, 1.807) is 36.4 Å². The molecular formula is C19H22N2O4S. The number of benzene rings is 2. The Morgan fingerprint density at radius 3 is 2.19 bits per heavy atom. The molecule has 0 spiro atoms. The van der Waals surface area contributed by atoms with Crippen LogP contribution in [0.25, 0.3) is 0 Å². The Morgan fingerprint density at radius 1 is 1.04 bits per heavy atom. The van der Waals surface area contributed by atoms with Gasteiger partial charge in [0.05, 0.1) is 11.9 Å². The van der Waals surface area contributed by atoms with Gasteiger partial charge in [-0.25, -0.2) is 8.42 Å². The van der Waals surface area contributed by atoms with Crippen molar-refractivity contribution >= 4 is 33.1 Å². The van der Waals surface area contributed by atoms with Crippen LogP contribution in [-0.2, 0) is 14.8 Å². The first kappa shape index (κ1) is 19.7. The number of rotatable bonds is 6. The van der Waals surface area contributed by atoms with Gasteiger partial charge in [-0.1, -0.05) is 18.2 Å². The first-order valence-corrected chi connectivity index (χ1v) is 9.88. The molecule has 2 aromatic rings. The van der Waals surface area contributed by atoms with Crippen LogP contribution in [0.15, 0.2) is 42.5 Å². The third-order valence-electron chi connectivity index (χ3n) is 3.73. The molecule has 0 bridgehead atoms. The molecule has 0 atom stereocenters. The number of hydrogen-bond donors (Lipinski definition) is 1. The predicted molar refractivity (Wildman–Crippen MR) is 103 cm³/mol. The average Bonchev–Trinajstić information content (AvgIpc) is 2.50. The summed E-state index contributed by atoms with van der Waals surface area (Å²) in [5, 5.41) is 2.64. The molecule has 6 nitrogen and oxygen atoms in total. The highest BCUT2D eigenvalue weighted by molar-refractivity contribution is 7.92. The van der Waals surface area contributed by atoms with Crippen LogP contribution in [0.4, 0.5) is 11.4 Å². The van der Waals surface area contributed by atoms with Gasteiger partial charge in [-0.3, -0.25) is 13.9 Å². The minimum absolute atomic E-state index is 0.117. The molecule has 2 rings (SSSR count). The maximum Gasteiger partial charge on any atom is 0.245 e. The zero-order valence-electron chi connectivity index (χ0n) is 15.2. The molecule has 7 heteroatoms. The van der Waals surface area contributed by atoms with Gasteiger partial charge in [-0.05, 0) is 56.2 Å². The van der Waals surface area contributed by atoms with Crippen molar-refractivity contribution in [3.05, 3.63) is 59.2 Å². The van der Waals surface area contributed by atoms with Crippen LogP contribution in [0.2, 0.25) is 0 Å². The minimum Gasteiger partial charge on any atom is -0.324 e. The Labute approximate surface area is 153 Å². The summed E-state index contributed by atoms with van der Waals surface area (Å²) in [6, 6.07) is 11.9. The summed E-state index contributed by atoms with van der Waals surface area (Å²) < 4.78 is 25.4. The highest BCUT2D eigenvalue weighted by Gasteiger charge is 2.21. The lowest BCUT2D eigenvalue weighted by Gasteiger charge is -2.23. The van der Waals surface area contributed by atoms with Gasteiger partial charge in [-0.15, -0.1) is 0 Å². The van der Waals surface area contributed by atoms with Crippen molar-refractivity contribution < 1.29 is 18.0 Å². The van der Waals surface area contributed by atoms with Gasteiger partial charge in [0, 0.05) is 11.3 Å². The second-order valence-electron chi connectivity index (χ2n) is 6.30. The lowest BCUT2D eigenvalue weighted by Crippen LogP contribution is -2.37. The molecule has 0 aromatic heterocycles. The van der Waals surface area contributed by atoms with Crippen molar-refractivity contribution in [3.8, 4) is 0 Å². The van der Waals surface area contributed by atoms with E-state index < -0.39 is 15.9 Å². The number of aryl methyl sites for hydroxylation is 2. The normalized spacial score (nSPS) is 11.1. The monoisotopic (exact) mass is 374 g/mol. The zero-order chi connectivity index (χ0) is 19.5. The van der Waals surface area contributed by atoms with Crippen molar-refractivity contribution in [3.63, 3.8) is 0 Å². The standard InChI is InChI=1S/C19H22N2O4S/c1-13-8-14(2)10-18(9-13)21(26(4,24)25)12-19(23)20-17-7-5-6-16(11-17)15(3)22/h5-11H,12H2,1-4H3,(H,20,23). The molecule has 0 aliphatic heterocycles. The molecule has 26 heavy (non-hydrogen) atoms. The summed E-state index contributed by atoms with van der Waals surface area (Å²) in [6.45, 7) is 4.81. The second-order valence-corrected chi connectivity index (χ2v) is 8.21. The fourth-order valence-electron chi connectivity index (χ4n) is 2.64. The van der Waals surface area contributed by atoms with Gasteiger partial charge in [0.25, 0.3) is 0 Å². The second kappa shape index (κ2) is 7.70. The molecule has 0 unspecified atom stereocenters. The van der Waals surface area contributed by atoms with Crippen molar-refractivity contribution in [2.45, 2.75) is 20.8 Å². The summed E-state index contributed by atoms with van der Waals surface area (Å²) in [5.41, 5.74) is 3.16. The van der Waals surface area contributed by atoms with E-state index in [-0.39, 0.29) is 12.3 Å². The van der Waals surface area contributed by atoms with Gasteiger partial charge in [0.15, 0.2) is 5.78 Å². The number of nitrogens with one attached hydrogen (secondary N) is 1. The van der Waals surface area contributed by atoms with Crippen LogP contribution < -0.4 is 9.62 Å². The van der Waals surface area contributed by atoms with E-state index in [4.69, 9.17) is 0 Å². The number of ketones is 1. The first-order valence-electron chi connectivity index (χ1n) is 8.03. The summed E-state index contributed by atoms with van der Waals surface area (Å²) in [5.74, 6) is -0.607. The predicted octanol–water partition coefficient (Wildman–Crippen LogP) is 2.91. The third kappa shape index (κ3) is 5.16. The number of anilines is 2. The SMILES string of the molecule is CC(=O)c1cccc(NC(=O)CN(c2cc(C)cc(C)c2)S(C)(=O)=O)c1. The molecule has 0 fully saturated rings. The maximum atomic E-state index is 12.4. The number of Topliss-reactive ketones (excluding diaryl/α,β-unsaturated/α-hetero) is 1. The number of nitrogens with zero attached hydrogens (tertiary/aromatic N) is 1. The smallest absolute Gasteiger partial charge is 0.245 e.